The van der Waals surface area contributed by atoms with Crippen LogP contribution in [-0.2, 0) is 4.79 Å². The van der Waals surface area contributed by atoms with Gasteiger partial charge in [-0.15, -0.1) is 0 Å². The van der Waals surface area contributed by atoms with Crippen molar-refractivity contribution in [3.05, 3.63) is 54.5 Å². The number of aliphatic imine (C=N–C) groups is 1. The van der Waals surface area contributed by atoms with Gasteiger partial charge in [-0.3, -0.25) is 4.79 Å². The summed E-state index contributed by atoms with van der Waals surface area (Å²) >= 11 is 1.19. The van der Waals surface area contributed by atoms with E-state index >= 15 is 0 Å². The standard InChI is InChI=1S/C16H13FN4O3S/c17-10-4-6-11(7-5-10)24-16(23)19-9-12-14(22)21-15(25-12)20-13-3-1-2-8-18-13/h1-8,12H,9H2,(H,19,23)(H,18,20,21,22). The Kier molecular flexibility index (Phi) is 5.24. The van der Waals surface area contributed by atoms with Crippen molar-refractivity contribution in [2.75, 3.05) is 6.54 Å². The summed E-state index contributed by atoms with van der Waals surface area (Å²) in [4.78, 5) is 31.9. The predicted octanol–water partition coefficient (Wildman–Crippen LogP) is 2.23. The second kappa shape index (κ2) is 7.75. The van der Waals surface area contributed by atoms with Crippen LogP contribution in [0, 0.1) is 5.82 Å². The number of rotatable bonds is 4. The Morgan fingerprint density at radius 3 is 2.84 bits per heavy atom. The van der Waals surface area contributed by atoms with Crippen molar-refractivity contribution in [3.8, 4) is 5.75 Å². The third-order valence-corrected chi connectivity index (χ3v) is 4.18. The number of amides is 2. The lowest BCUT2D eigenvalue weighted by Crippen LogP contribution is -2.37. The second-order valence-corrected chi connectivity index (χ2v) is 6.12. The van der Waals surface area contributed by atoms with Crippen LogP contribution in [0.25, 0.3) is 0 Å². The minimum absolute atomic E-state index is 0.0672. The van der Waals surface area contributed by atoms with Crippen molar-refractivity contribution in [2.45, 2.75) is 5.25 Å². The first-order valence-electron chi connectivity index (χ1n) is 7.28. The number of amidine groups is 1. The Morgan fingerprint density at radius 2 is 2.12 bits per heavy atom. The summed E-state index contributed by atoms with van der Waals surface area (Å²) in [6, 6.07) is 10.3. The van der Waals surface area contributed by atoms with Crippen molar-refractivity contribution >= 4 is 34.7 Å². The summed E-state index contributed by atoms with van der Waals surface area (Å²) < 4.78 is 17.8. The van der Waals surface area contributed by atoms with Gasteiger partial charge < -0.3 is 15.4 Å². The molecule has 9 heteroatoms. The Balaban J connectivity index is 1.51. The molecule has 1 aliphatic rings. The molecule has 2 aromatic rings. The lowest BCUT2D eigenvalue weighted by atomic mass is 10.3. The van der Waals surface area contributed by atoms with E-state index in [-0.39, 0.29) is 18.2 Å². The number of carbonyl (C=O) groups excluding carboxylic acids is 2. The van der Waals surface area contributed by atoms with Crippen LogP contribution in [0.1, 0.15) is 0 Å². The smallest absolute Gasteiger partial charge is 0.410 e. The highest BCUT2D eigenvalue weighted by atomic mass is 32.2. The molecule has 1 unspecified atom stereocenters. The molecule has 1 saturated heterocycles. The molecule has 0 spiro atoms. The Labute approximate surface area is 146 Å². The zero-order valence-corrected chi connectivity index (χ0v) is 13.6. The van der Waals surface area contributed by atoms with Gasteiger partial charge in [0.05, 0.1) is 0 Å². The maximum absolute atomic E-state index is 12.8. The number of hydrogen-bond acceptors (Lipinski definition) is 6. The van der Waals surface area contributed by atoms with Gasteiger partial charge >= 0.3 is 6.09 Å². The van der Waals surface area contributed by atoms with E-state index in [0.29, 0.717) is 11.0 Å². The number of nitrogens with zero attached hydrogens (tertiary/aromatic N) is 2. The fraction of sp³-hybridized carbons (Fsp3) is 0.125. The van der Waals surface area contributed by atoms with E-state index < -0.39 is 17.2 Å². The molecule has 7 nitrogen and oxygen atoms in total. The average molecular weight is 360 g/mol. The number of pyridine rings is 1. The maximum atomic E-state index is 12.8. The van der Waals surface area contributed by atoms with Crippen LogP contribution >= 0.6 is 11.8 Å². The van der Waals surface area contributed by atoms with Crippen LogP contribution in [-0.4, -0.2) is 33.9 Å². The topological polar surface area (TPSA) is 92.7 Å². The van der Waals surface area contributed by atoms with Crippen LogP contribution in [0.5, 0.6) is 5.75 Å². The number of nitrogens with one attached hydrogen (secondary N) is 2. The predicted molar refractivity (Wildman–Crippen MR) is 91.3 cm³/mol. The normalized spacial score (nSPS) is 18.0. The molecule has 25 heavy (non-hydrogen) atoms. The highest BCUT2D eigenvalue weighted by Crippen LogP contribution is 2.21. The summed E-state index contributed by atoms with van der Waals surface area (Å²) in [5.74, 6) is 0.00253. The zero-order valence-electron chi connectivity index (χ0n) is 12.8. The van der Waals surface area contributed by atoms with Crippen molar-refractivity contribution < 1.29 is 18.7 Å². The Morgan fingerprint density at radius 1 is 1.32 bits per heavy atom. The van der Waals surface area contributed by atoms with Gasteiger partial charge in [-0.2, -0.15) is 0 Å². The van der Waals surface area contributed by atoms with E-state index in [9.17, 15) is 14.0 Å². The fourth-order valence-electron chi connectivity index (χ4n) is 1.94. The second-order valence-electron chi connectivity index (χ2n) is 4.92. The van der Waals surface area contributed by atoms with Crippen LogP contribution in [0.15, 0.2) is 53.7 Å². The molecule has 3 rings (SSSR count). The molecule has 2 heterocycles. The van der Waals surface area contributed by atoms with Crippen molar-refractivity contribution in [1.82, 2.24) is 15.6 Å². The van der Waals surface area contributed by atoms with Gasteiger partial charge in [0.15, 0.2) is 11.0 Å². The first kappa shape index (κ1) is 16.9. The highest BCUT2D eigenvalue weighted by molar-refractivity contribution is 8.15. The van der Waals surface area contributed by atoms with Crippen LogP contribution in [0.2, 0.25) is 0 Å². The maximum Gasteiger partial charge on any atom is 0.412 e. The van der Waals surface area contributed by atoms with Crippen molar-refractivity contribution in [3.63, 3.8) is 0 Å². The molecule has 1 aromatic carbocycles. The van der Waals surface area contributed by atoms with Gasteiger partial charge in [0.1, 0.15) is 16.8 Å². The van der Waals surface area contributed by atoms with E-state index in [1.807, 2.05) is 0 Å². The minimum Gasteiger partial charge on any atom is -0.410 e. The Hall–Kier alpha value is -2.94. The minimum atomic E-state index is -0.727. The van der Waals surface area contributed by atoms with E-state index in [4.69, 9.17) is 4.74 Å². The fourth-order valence-corrected chi connectivity index (χ4v) is 2.85. The average Bonchev–Trinajstić information content (AvgIpc) is 2.95. The first-order chi connectivity index (χ1) is 12.1. The number of carbonyl (C=O) groups is 2. The quantitative estimate of drug-likeness (QED) is 0.872. The van der Waals surface area contributed by atoms with E-state index in [0.717, 1.165) is 0 Å². The van der Waals surface area contributed by atoms with Gasteiger partial charge in [-0.05, 0) is 36.4 Å². The first-order valence-corrected chi connectivity index (χ1v) is 8.16. The lowest BCUT2D eigenvalue weighted by molar-refractivity contribution is -0.118. The number of thioether (sulfide) groups is 1. The summed E-state index contributed by atoms with van der Waals surface area (Å²) in [5, 5.41) is 5.02. The summed E-state index contributed by atoms with van der Waals surface area (Å²) in [6.45, 7) is 0.0672. The van der Waals surface area contributed by atoms with E-state index in [1.165, 1.54) is 36.0 Å². The molecular weight excluding hydrogens is 347 g/mol. The summed E-state index contributed by atoms with van der Waals surface area (Å²) in [7, 11) is 0. The van der Waals surface area contributed by atoms with Gasteiger partial charge in [-0.1, -0.05) is 17.8 Å². The molecule has 1 atom stereocenters. The number of ether oxygens (including phenoxy) is 1. The van der Waals surface area contributed by atoms with Gasteiger partial charge in [0, 0.05) is 12.7 Å². The highest BCUT2D eigenvalue weighted by Gasteiger charge is 2.30. The number of hydrogen-bond donors (Lipinski definition) is 2. The Bertz CT molecular complexity index is 799. The van der Waals surface area contributed by atoms with E-state index in [1.54, 1.807) is 24.4 Å². The number of aromatic nitrogens is 1. The molecule has 2 N–H and O–H groups in total. The molecule has 128 valence electrons. The van der Waals surface area contributed by atoms with Crippen molar-refractivity contribution in [1.29, 1.82) is 0 Å². The third kappa shape index (κ3) is 4.77. The van der Waals surface area contributed by atoms with Crippen LogP contribution < -0.4 is 15.4 Å². The molecular formula is C16H13FN4O3S. The molecule has 2 amide bonds. The molecule has 0 bridgehead atoms. The third-order valence-electron chi connectivity index (χ3n) is 3.10. The van der Waals surface area contributed by atoms with Crippen molar-refractivity contribution in [2.24, 2.45) is 4.99 Å². The molecule has 0 radical (unpaired) electrons. The molecule has 1 fully saturated rings. The zero-order chi connectivity index (χ0) is 17.6. The molecule has 0 aliphatic carbocycles. The molecule has 1 aromatic heterocycles. The molecule has 0 saturated carbocycles. The van der Waals surface area contributed by atoms with Gasteiger partial charge in [-0.25, -0.2) is 19.2 Å². The molecule has 1 aliphatic heterocycles. The van der Waals surface area contributed by atoms with E-state index in [2.05, 4.69) is 20.6 Å². The number of benzene rings is 1. The van der Waals surface area contributed by atoms with Crippen LogP contribution in [0.3, 0.4) is 0 Å². The summed E-state index contributed by atoms with van der Waals surface area (Å²) in [5.41, 5.74) is 0. The largest absolute Gasteiger partial charge is 0.412 e. The van der Waals surface area contributed by atoms with Gasteiger partial charge in [0.2, 0.25) is 5.91 Å². The SMILES string of the molecule is O=C(NCC1SC(=Nc2ccccn2)NC1=O)Oc1ccc(F)cc1. The lowest BCUT2D eigenvalue weighted by Gasteiger charge is -2.08. The van der Waals surface area contributed by atoms with Crippen LogP contribution in [0.4, 0.5) is 15.0 Å². The number of halogens is 1. The van der Waals surface area contributed by atoms with Gasteiger partial charge in [0.25, 0.3) is 0 Å². The monoisotopic (exact) mass is 360 g/mol. The summed E-state index contributed by atoms with van der Waals surface area (Å²) in [6.07, 6.45) is 0.876.